The number of carbonyl (C=O) groups is 2. The van der Waals surface area contributed by atoms with E-state index in [1.165, 1.54) is 0 Å². The van der Waals surface area contributed by atoms with Crippen LogP contribution in [0.3, 0.4) is 0 Å². The molecule has 1 N–H and O–H groups in total. The molecule has 4 aromatic rings. The van der Waals surface area contributed by atoms with Gasteiger partial charge in [-0.25, -0.2) is 0 Å². The first-order valence-corrected chi connectivity index (χ1v) is 11.0. The van der Waals surface area contributed by atoms with E-state index >= 15 is 0 Å². The molecule has 5 heteroatoms. The first-order valence-electron chi connectivity index (χ1n) is 11.0. The van der Waals surface area contributed by atoms with Crippen molar-refractivity contribution >= 4 is 28.3 Å². The van der Waals surface area contributed by atoms with E-state index in [2.05, 4.69) is 17.4 Å². The highest BCUT2D eigenvalue weighted by atomic mass is 16.5. The summed E-state index contributed by atoms with van der Waals surface area (Å²) in [5.74, 6) is 0.969. The Morgan fingerprint density at radius 1 is 0.848 bits per heavy atom. The second-order valence-electron chi connectivity index (χ2n) is 8.29. The molecule has 1 fully saturated rings. The van der Waals surface area contributed by atoms with E-state index in [0.29, 0.717) is 24.5 Å². The Kier molecular flexibility index (Phi) is 5.77. The third-order valence-electron chi connectivity index (χ3n) is 5.88. The first kappa shape index (κ1) is 20.8. The van der Waals surface area contributed by atoms with Crippen molar-refractivity contribution in [3.8, 4) is 11.5 Å². The summed E-state index contributed by atoms with van der Waals surface area (Å²) in [6, 6.07) is 31.2. The molecule has 1 heterocycles. The molecule has 164 valence electrons. The lowest BCUT2D eigenvalue weighted by atomic mass is 10.1. The molecule has 0 radical (unpaired) electrons. The van der Waals surface area contributed by atoms with E-state index in [9.17, 15) is 9.59 Å². The van der Waals surface area contributed by atoms with E-state index in [-0.39, 0.29) is 24.2 Å². The molecule has 33 heavy (non-hydrogen) atoms. The van der Waals surface area contributed by atoms with E-state index in [1.54, 1.807) is 4.90 Å². The van der Waals surface area contributed by atoms with Crippen molar-refractivity contribution in [2.75, 3.05) is 11.9 Å². The third kappa shape index (κ3) is 4.88. The molecule has 4 aromatic carbocycles. The van der Waals surface area contributed by atoms with Crippen molar-refractivity contribution in [3.05, 3.63) is 103 Å². The van der Waals surface area contributed by atoms with Gasteiger partial charge in [0, 0.05) is 25.2 Å². The molecule has 0 bridgehead atoms. The SMILES string of the molecule is O=C(Nc1ccc(Oc2ccc3ccccc3c2)cc1)[C@H]1CC(=O)N(Cc2ccccc2)C1. The van der Waals surface area contributed by atoms with Gasteiger partial charge in [0.05, 0.1) is 5.92 Å². The Bertz CT molecular complexity index is 1290. The molecule has 1 atom stereocenters. The Hall–Kier alpha value is -4.12. The molecule has 0 spiro atoms. The summed E-state index contributed by atoms with van der Waals surface area (Å²) in [5.41, 5.74) is 1.74. The van der Waals surface area contributed by atoms with Crippen molar-refractivity contribution < 1.29 is 14.3 Å². The van der Waals surface area contributed by atoms with Crippen LogP contribution < -0.4 is 10.1 Å². The highest BCUT2D eigenvalue weighted by molar-refractivity contribution is 5.97. The fraction of sp³-hybridized carbons (Fsp3) is 0.143. The maximum Gasteiger partial charge on any atom is 0.229 e. The zero-order chi connectivity index (χ0) is 22.6. The number of hydrogen-bond acceptors (Lipinski definition) is 3. The average molecular weight is 437 g/mol. The Labute approximate surface area is 192 Å². The van der Waals surface area contributed by atoms with Crippen LogP contribution in [0.4, 0.5) is 5.69 Å². The Morgan fingerprint density at radius 2 is 1.55 bits per heavy atom. The van der Waals surface area contributed by atoms with Crippen LogP contribution in [0.15, 0.2) is 97.1 Å². The monoisotopic (exact) mass is 436 g/mol. The number of ether oxygens (including phenoxy) is 1. The van der Waals surface area contributed by atoms with Crippen molar-refractivity contribution in [3.63, 3.8) is 0 Å². The van der Waals surface area contributed by atoms with Gasteiger partial charge in [-0.1, -0.05) is 60.7 Å². The number of carbonyl (C=O) groups excluding carboxylic acids is 2. The molecule has 5 rings (SSSR count). The van der Waals surface area contributed by atoms with Crippen LogP contribution >= 0.6 is 0 Å². The van der Waals surface area contributed by atoms with Crippen molar-refractivity contribution in [2.24, 2.45) is 5.92 Å². The fourth-order valence-electron chi connectivity index (χ4n) is 4.12. The largest absolute Gasteiger partial charge is 0.457 e. The van der Waals surface area contributed by atoms with Crippen LogP contribution in [0.2, 0.25) is 0 Å². The first-order chi connectivity index (χ1) is 16.1. The number of anilines is 1. The summed E-state index contributed by atoms with van der Waals surface area (Å²) in [6.07, 6.45) is 0.238. The van der Waals surface area contributed by atoms with Gasteiger partial charge in [-0.3, -0.25) is 9.59 Å². The molecule has 2 amide bonds. The fourth-order valence-corrected chi connectivity index (χ4v) is 4.12. The molecule has 0 unspecified atom stereocenters. The average Bonchev–Trinajstić information content (AvgIpc) is 3.21. The van der Waals surface area contributed by atoms with Crippen LogP contribution in [-0.4, -0.2) is 23.3 Å². The van der Waals surface area contributed by atoms with Gasteiger partial charge in [-0.15, -0.1) is 0 Å². The Morgan fingerprint density at radius 3 is 2.33 bits per heavy atom. The smallest absolute Gasteiger partial charge is 0.229 e. The molecular weight excluding hydrogens is 412 g/mol. The number of rotatable bonds is 6. The predicted molar refractivity (Wildman–Crippen MR) is 129 cm³/mol. The zero-order valence-electron chi connectivity index (χ0n) is 18.1. The second kappa shape index (κ2) is 9.17. The third-order valence-corrected chi connectivity index (χ3v) is 5.88. The minimum absolute atomic E-state index is 0.0122. The highest BCUT2D eigenvalue weighted by Gasteiger charge is 2.34. The van der Waals surface area contributed by atoms with Crippen LogP contribution in [0.1, 0.15) is 12.0 Å². The molecule has 0 aromatic heterocycles. The van der Waals surface area contributed by atoms with Crippen LogP contribution in [-0.2, 0) is 16.1 Å². The van der Waals surface area contributed by atoms with Crippen LogP contribution in [0.25, 0.3) is 10.8 Å². The number of nitrogens with one attached hydrogen (secondary N) is 1. The number of likely N-dealkylation sites (tertiary alicyclic amines) is 1. The zero-order valence-corrected chi connectivity index (χ0v) is 18.1. The van der Waals surface area contributed by atoms with Crippen molar-refractivity contribution in [2.45, 2.75) is 13.0 Å². The van der Waals surface area contributed by atoms with Crippen LogP contribution in [0.5, 0.6) is 11.5 Å². The normalized spacial score (nSPS) is 15.6. The van der Waals surface area contributed by atoms with E-state index in [4.69, 9.17) is 4.74 Å². The minimum atomic E-state index is -0.352. The van der Waals surface area contributed by atoms with Gasteiger partial charge in [0.1, 0.15) is 11.5 Å². The van der Waals surface area contributed by atoms with Gasteiger partial charge in [0.2, 0.25) is 11.8 Å². The summed E-state index contributed by atoms with van der Waals surface area (Å²) in [4.78, 5) is 26.9. The van der Waals surface area contributed by atoms with E-state index < -0.39 is 0 Å². The maximum atomic E-state index is 12.7. The van der Waals surface area contributed by atoms with Gasteiger partial charge < -0.3 is 15.0 Å². The number of nitrogens with zero attached hydrogens (tertiary/aromatic N) is 1. The lowest BCUT2D eigenvalue weighted by molar-refractivity contribution is -0.128. The number of fused-ring (bicyclic) bond motifs is 1. The van der Waals surface area contributed by atoms with E-state index in [1.807, 2.05) is 84.9 Å². The van der Waals surface area contributed by atoms with E-state index in [0.717, 1.165) is 22.1 Å². The predicted octanol–water partition coefficient (Wildman–Crippen LogP) is 5.62. The lowest BCUT2D eigenvalue weighted by Gasteiger charge is -2.16. The van der Waals surface area contributed by atoms with Crippen molar-refractivity contribution in [1.29, 1.82) is 0 Å². The van der Waals surface area contributed by atoms with Gasteiger partial charge in [-0.05, 0) is 52.7 Å². The molecule has 5 nitrogen and oxygen atoms in total. The van der Waals surface area contributed by atoms with Gasteiger partial charge in [-0.2, -0.15) is 0 Å². The summed E-state index contributed by atoms with van der Waals surface area (Å²) in [5, 5.41) is 5.21. The second-order valence-corrected chi connectivity index (χ2v) is 8.29. The van der Waals surface area contributed by atoms with Crippen molar-refractivity contribution in [1.82, 2.24) is 4.90 Å². The standard InChI is InChI=1S/C28H24N2O3/c31-27-17-23(19-30(27)18-20-6-2-1-3-7-20)28(32)29-24-11-14-25(15-12-24)33-26-13-10-21-8-4-5-9-22(21)16-26/h1-16,23H,17-19H2,(H,29,32)/t23-/m0/s1. The molecule has 0 aliphatic carbocycles. The summed E-state index contributed by atoms with van der Waals surface area (Å²) in [7, 11) is 0. The molecule has 1 aliphatic heterocycles. The quantitative estimate of drug-likeness (QED) is 0.427. The number of benzene rings is 4. The molecule has 1 aliphatic rings. The molecule has 1 saturated heterocycles. The summed E-state index contributed by atoms with van der Waals surface area (Å²) >= 11 is 0. The van der Waals surface area contributed by atoms with Gasteiger partial charge >= 0.3 is 0 Å². The highest BCUT2D eigenvalue weighted by Crippen LogP contribution is 2.27. The van der Waals surface area contributed by atoms with Gasteiger partial charge in [0.25, 0.3) is 0 Å². The van der Waals surface area contributed by atoms with Crippen LogP contribution in [0, 0.1) is 5.92 Å². The Balaban J connectivity index is 1.18. The number of amides is 2. The minimum Gasteiger partial charge on any atom is -0.457 e. The summed E-state index contributed by atoms with van der Waals surface area (Å²) < 4.78 is 5.97. The molecular formula is C28H24N2O3. The number of hydrogen-bond donors (Lipinski definition) is 1. The molecule has 0 saturated carbocycles. The summed E-state index contributed by atoms with van der Waals surface area (Å²) in [6.45, 7) is 0.965. The topological polar surface area (TPSA) is 58.6 Å². The van der Waals surface area contributed by atoms with Gasteiger partial charge in [0.15, 0.2) is 0 Å². The lowest BCUT2D eigenvalue weighted by Crippen LogP contribution is -2.28. The maximum absolute atomic E-state index is 12.7.